The molecule has 3 nitrogen and oxygen atoms in total. The number of rotatable bonds is 5. The highest BCUT2D eigenvalue weighted by Crippen LogP contribution is 2.07. The Balaban J connectivity index is 2.64. The van der Waals surface area contributed by atoms with Crippen LogP contribution in [0, 0.1) is 0 Å². The molecule has 0 amide bonds. The number of hydrogen-bond donors (Lipinski definition) is 0. The molecule has 0 fully saturated rings. The number of ketones is 1. The molecule has 0 bridgehead atoms. The maximum Gasteiger partial charge on any atom is 0.310 e. The summed E-state index contributed by atoms with van der Waals surface area (Å²) in [5.74, 6) is -0.416. The van der Waals surface area contributed by atoms with Crippen molar-refractivity contribution in [2.24, 2.45) is 0 Å². The van der Waals surface area contributed by atoms with E-state index in [0.717, 1.165) is 5.56 Å². The van der Waals surface area contributed by atoms with Crippen molar-refractivity contribution >= 4 is 23.4 Å². The number of ether oxygens (including phenoxy) is 1. The summed E-state index contributed by atoms with van der Waals surface area (Å²) in [6.45, 7) is 2.14. The minimum Gasteiger partial charge on any atom is -0.466 e. The van der Waals surface area contributed by atoms with E-state index in [9.17, 15) is 9.59 Å². The molecule has 1 aromatic carbocycles. The van der Waals surface area contributed by atoms with Crippen molar-refractivity contribution in [3.05, 3.63) is 35.4 Å². The van der Waals surface area contributed by atoms with Gasteiger partial charge in [0.25, 0.3) is 0 Å². The molecule has 1 rings (SSSR count). The fraction of sp³-hybridized carbons (Fsp3) is 0.333. The summed E-state index contributed by atoms with van der Waals surface area (Å²) in [7, 11) is 0. The molecule has 0 radical (unpaired) electrons. The largest absolute Gasteiger partial charge is 0.466 e. The van der Waals surface area contributed by atoms with Gasteiger partial charge in [0.15, 0.2) is 5.78 Å². The summed E-state index contributed by atoms with van der Waals surface area (Å²) in [4.78, 5) is 22.4. The van der Waals surface area contributed by atoms with E-state index >= 15 is 0 Å². The molecule has 0 N–H and O–H groups in total. The zero-order chi connectivity index (χ0) is 12.0. The molecule has 1 aromatic rings. The number of carbonyl (C=O) groups excluding carboxylic acids is 2. The Bertz CT molecular complexity index is 370. The highest BCUT2D eigenvalue weighted by molar-refractivity contribution is 6.30. The normalized spacial score (nSPS) is 9.88. The number of benzene rings is 1. The fourth-order valence-electron chi connectivity index (χ4n) is 1.26. The number of hydrogen-bond acceptors (Lipinski definition) is 3. The molecular weight excluding hydrogens is 228 g/mol. The smallest absolute Gasteiger partial charge is 0.310 e. The summed E-state index contributed by atoms with van der Waals surface area (Å²) in [6.07, 6.45) is 0.225. The van der Waals surface area contributed by atoms with Gasteiger partial charge in [-0.25, -0.2) is 0 Å². The molecule has 16 heavy (non-hydrogen) atoms. The molecule has 4 heteroatoms. The van der Waals surface area contributed by atoms with E-state index in [-0.39, 0.29) is 24.1 Å². The van der Waals surface area contributed by atoms with E-state index in [1.54, 1.807) is 31.2 Å². The number of esters is 1. The van der Waals surface area contributed by atoms with Crippen molar-refractivity contribution in [1.29, 1.82) is 0 Å². The van der Waals surface area contributed by atoms with Crippen molar-refractivity contribution in [2.75, 3.05) is 12.5 Å². The minimum atomic E-state index is -0.265. The lowest BCUT2D eigenvalue weighted by Crippen LogP contribution is -2.08. The van der Waals surface area contributed by atoms with Crippen LogP contribution in [0.15, 0.2) is 24.3 Å². The maximum absolute atomic E-state index is 11.2. The van der Waals surface area contributed by atoms with Gasteiger partial charge in [-0.3, -0.25) is 9.59 Å². The number of alkyl halides is 1. The molecule has 0 aliphatic heterocycles. The first-order valence-corrected chi connectivity index (χ1v) is 5.54. The van der Waals surface area contributed by atoms with Crippen molar-refractivity contribution in [1.82, 2.24) is 0 Å². The Hall–Kier alpha value is -1.35. The third-order valence-electron chi connectivity index (χ3n) is 2.05. The summed E-state index contributed by atoms with van der Waals surface area (Å²) in [5, 5.41) is 0. The third-order valence-corrected chi connectivity index (χ3v) is 2.29. The van der Waals surface area contributed by atoms with Crippen LogP contribution in [0.25, 0.3) is 0 Å². The lowest BCUT2D eigenvalue weighted by atomic mass is 10.1. The first kappa shape index (κ1) is 12.7. The fourth-order valence-corrected chi connectivity index (χ4v) is 1.42. The van der Waals surface area contributed by atoms with E-state index in [2.05, 4.69) is 0 Å². The van der Waals surface area contributed by atoms with Crippen molar-refractivity contribution in [3.63, 3.8) is 0 Å². The summed E-state index contributed by atoms with van der Waals surface area (Å²) < 4.78 is 4.82. The van der Waals surface area contributed by atoms with E-state index in [0.29, 0.717) is 12.2 Å². The third kappa shape index (κ3) is 3.66. The summed E-state index contributed by atoms with van der Waals surface area (Å²) >= 11 is 5.43. The standard InChI is InChI=1S/C12H13ClO3/c1-2-16-12(15)7-9-3-5-10(6-4-9)11(14)8-13/h3-6H,2,7-8H2,1H3. The molecule has 0 saturated carbocycles. The monoisotopic (exact) mass is 240 g/mol. The van der Waals surface area contributed by atoms with Crippen LogP contribution < -0.4 is 0 Å². The van der Waals surface area contributed by atoms with Crippen LogP contribution in [0.1, 0.15) is 22.8 Å². The van der Waals surface area contributed by atoms with Gasteiger partial charge in [0.2, 0.25) is 0 Å². The Morgan fingerprint density at radius 1 is 1.25 bits per heavy atom. The highest BCUT2D eigenvalue weighted by atomic mass is 35.5. The minimum absolute atomic E-state index is 0.0305. The van der Waals surface area contributed by atoms with Crippen LogP contribution in [0.5, 0.6) is 0 Å². The number of Topliss-reactive ketones (excluding diaryl/α,β-unsaturated/α-hetero) is 1. The first-order chi connectivity index (χ1) is 7.67. The van der Waals surface area contributed by atoms with E-state index in [1.165, 1.54) is 0 Å². The van der Waals surface area contributed by atoms with E-state index in [1.807, 2.05) is 0 Å². The predicted molar refractivity (Wildman–Crippen MR) is 61.8 cm³/mol. The van der Waals surface area contributed by atoms with Crippen LogP contribution in [-0.2, 0) is 16.0 Å². The molecule has 0 atom stereocenters. The zero-order valence-corrected chi connectivity index (χ0v) is 9.79. The van der Waals surface area contributed by atoms with Gasteiger partial charge >= 0.3 is 5.97 Å². The van der Waals surface area contributed by atoms with Gasteiger partial charge < -0.3 is 4.74 Å². The van der Waals surface area contributed by atoms with Crippen LogP contribution in [-0.4, -0.2) is 24.2 Å². The Kier molecular flexibility index (Phi) is 4.99. The van der Waals surface area contributed by atoms with Crippen LogP contribution >= 0.6 is 11.6 Å². The number of halogens is 1. The molecule has 0 saturated heterocycles. The van der Waals surface area contributed by atoms with Crippen LogP contribution in [0.3, 0.4) is 0 Å². The topological polar surface area (TPSA) is 43.4 Å². The average molecular weight is 241 g/mol. The molecule has 0 heterocycles. The second-order valence-corrected chi connectivity index (χ2v) is 3.50. The lowest BCUT2D eigenvalue weighted by molar-refractivity contribution is -0.142. The second-order valence-electron chi connectivity index (χ2n) is 3.24. The number of carbonyl (C=O) groups is 2. The highest BCUT2D eigenvalue weighted by Gasteiger charge is 2.06. The van der Waals surface area contributed by atoms with Crippen molar-refractivity contribution < 1.29 is 14.3 Å². The quantitative estimate of drug-likeness (QED) is 0.450. The molecular formula is C12H13ClO3. The summed E-state index contributed by atoms with van der Waals surface area (Å²) in [5.41, 5.74) is 1.38. The SMILES string of the molecule is CCOC(=O)Cc1ccc(C(=O)CCl)cc1. The summed E-state index contributed by atoms with van der Waals surface area (Å²) in [6, 6.07) is 6.80. The van der Waals surface area contributed by atoms with Crippen molar-refractivity contribution in [3.8, 4) is 0 Å². The van der Waals surface area contributed by atoms with Gasteiger partial charge in [0, 0.05) is 5.56 Å². The van der Waals surface area contributed by atoms with Crippen LogP contribution in [0.4, 0.5) is 0 Å². The van der Waals surface area contributed by atoms with Crippen LogP contribution in [0.2, 0.25) is 0 Å². The molecule has 0 aromatic heterocycles. The Labute approximate surface area is 99.4 Å². The zero-order valence-electron chi connectivity index (χ0n) is 9.03. The van der Waals surface area contributed by atoms with Gasteiger partial charge in [-0.15, -0.1) is 11.6 Å². The van der Waals surface area contributed by atoms with Gasteiger partial charge in [-0.05, 0) is 12.5 Å². The maximum atomic E-state index is 11.2. The first-order valence-electron chi connectivity index (χ1n) is 5.01. The van der Waals surface area contributed by atoms with Gasteiger partial charge in [-0.1, -0.05) is 24.3 Å². The average Bonchev–Trinajstić information content (AvgIpc) is 2.29. The molecule has 0 spiro atoms. The molecule has 0 aliphatic rings. The van der Waals surface area contributed by atoms with Crippen molar-refractivity contribution in [2.45, 2.75) is 13.3 Å². The van der Waals surface area contributed by atoms with E-state index in [4.69, 9.17) is 16.3 Å². The van der Waals surface area contributed by atoms with Gasteiger partial charge in [0.05, 0.1) is 18.9 Å². The molecule has 86 valence electrons. The molecule has 0 aliphatic carbocycles. The Morgan fingerprint density at radius 3 is 2.38 bits per heavy atom. The molecule has 0 unspecified atom stereocenters. The van der Waals surface area contributed by atoms with Gasteiger partial charge in [0.1, 0.15) is 0 Å². The predicted octanol–water partition coefficient (Wildman–Crippen LogP) is 2.21. The Morgan fingerprint density at radius 2 is 1.88 bits per heavy atom. The lowest BCUT2D eigenvalue weighted by Gasteiger charge is -2.02. The second kappa shape index (κ2) is 6.28. The van der Waals surface area contributed by atoms with Gasteiger partial charge in [-0.2, -0.15) is 0 Å². The van der Waals surface area contributed by atoms with E-state index < -0.39 is 0 Å².